The van der Waals surface area contributed by atoms with Crippen LogP contribution in [0.25, 0.3) is 0 Å². The number of amides is 1. The lowest BCUT2D eigenvalue weighted by Crippen LogP contribution is -2.60. The molecule has 2 fully saturated rings. The summed E-state index contributed by atoms with van der Waals surface area (Å²) in [7, 11) is 0. The van der Waals surface area contributed by atoms with Crippen LogP contribution in [0.2, 0.25) is 0 Å². The van der Waals surface area contributed by atoms with E-state index in [0.717, 1.165) is 0 Å². The van der Waals surface area contributed by atoms with E-state index in [2.05, 4.69) is 5.32 Å². The molecule has 0 aliphatic carbocycles. The van der Waals surface area contributed by atoms with Gasteiger partial charge in [-0.1, -0.05) is 6.92 Å². The zero-order chi connectivity index (χ0) is 15.0. The standard InChI is InChI=1S/C13H21F3N2O2/c1-3-10-7-20-9(2)6-18(10)11(19)12(13(14,15)16)4-5-17-8-12/h9-10,17H,3-8H2,1-2H3. The van der Waals surface area contributed by atoms with E-state index in [4.69, 9.17) is 4.74 Å². The fourth-order valence-corrected chi connectivity index (χ4v) is 2.94. The van der Waals surface area contributed by atoms with Crippen LogP contribution >= 0.6 is 0 Å². The van der Waals surface area contributed by atoms with Crippen molar-refractivity contribution in [1.29, 1.82) is 0 Å². The smallest absolute Gasteiger partial charge is 0.375 e. The number of hydrogen-bond donors (Lipinski definition) is 1. The zero-order valence-electron chi connectivity index (χ0n) is 11.8. The monoisotopic (exact) mass is 294 g/mol. The van der Waals surface area contributed by atoms with E-state index in [1.165, 1.54) is 4.90 Å². The number of halogens is 3. The maximum atomic E-state index is 13.4. The Hall–Kier alpha value is -0.820. The van der Waals surface area contributed by atoms with Crippen molar-refractivity contribution in [2.24, 2.45) is 5.41 Å². The summed E-state index contributed by atoms with van der Waals surface area (Å²) in [4.78, 5) is 14.0. The third-order valence-electron chi connectivity index (χ3n) is 4.31. The highest BCUT2D eigenvalue weighted by Gasteiger charge is 2.63. The van der Waals surface area contributed by atoms with E-state index in [1.54, 1.807) is 6.92 Å². The molecule has 2 rings (SSSR count). The number of ether oxygens (including phenoxy) is 1. The molecule has 0 bridgehead atoms. The molecule has 0 aromatic heterocycles. The number of morpholine rings is 1. The molecule has 0 aromatic rings. The second kappa shape index (κ2) is 5.52. The average Bonchev–Trinajstić information content (AvgIpc) is 2.88. The SMILES string of the molecule is CCC1COC(C)CN1C(=O)C1(C(F)(F)F)CCNC1. The maximum absolute atomic E-state index is 13.4. The van der Waals surface area contributed by atoms with Crippen LogP contribution in [0.1, 0.15) is 26.7 Å². The summed E-state index contributed by atoms with van der Waals surface area (Å²) in [6.07, 6.45) is -4.33. The molecular formula is C13H21F3N2O2. The van der Waals surface area contributed by atoms with Crippen LogP contribution in [0, 0.1) is 5.41 Å². The average molecular weight is 294 g/mol. The fourth-order valence-electron chi connectivity index (χ4n) is 2.94. The summed E-state index contributed by atoms with van der Waals surface area (Å²) in [5.74, 6) is -0.794. The number of rotatable bonds is 2. The summed E-state index contributed by atoms with van der Waals surface area (Å²) in [6.45, 7) is 4.08. The number of nitrogens with one attached hydrogen (secondary N) is 1. The van der Waals surface area contributed by atoms with Gasteiger partial charge in [0.25, 0.3) is 0 Å². The van der Waals surface area contributed by atoms with E-state index >= 15 is 0 Å². The third-order valence-corrected chi connectivity index (χ3v) is 4.31. The summed E-state index contributed by atoms with van der Waals surface area (Å²) < 4.78 is 45.7. The number of hydrogen-bond acceptors (Lipinski definition) is 3. The molecule has 3 unspecified atom stereocenters. The van der Waals surface area contributed by atoms with Crippen molar-refractivity contribution in [2.45, 2.75) is 45.0 Å². The largest absolute Gasteiger partial charge is 0.404 e. The van der Waals surface area contributed by atoms with Gasteiger partial charge < -0.3 is 15.0 Å². The molecule has 116 valence electrons. The third kappa shape index (κ3) is 2.53. The summed E-state index contributed by atoms with van der Waals surface area (Å²) in [5.41, 5.74) is -2.27. The van der Waals surface area contributed by atoms with E-state index < -0.39 is 17.5 Å². The molecule has 3 atom stereocenters. The summed E-state index contributed by atoms with van der Waals surface area (Å²) in [5, 5.41) is 2.69. The lowest BCUT2D eigenvalue weighted by Gasteiger charge is -2.43. The molecule has 20 heavy (non-hydrogen) atoms. The van der Waals surface area contributed by atoms with Crippen LogP contribution in [0.3, 0.4) is 0 Å². The molecule has 2 saturated heterocycles. The quantitative estimate of drug-likeness (QED) is 0.840. The molecule has 1 amide bonds. The van der Waals surface area contributed by atoms with Gasteiger partial charge in [0.2, 0.25) is 5.91 Å². The van der Waals surface area contributed by atoms with E-state index in [0.29, 0.717) is 13.0 Å². The molecule has 1 N–H and O–H groups in total. The van der Waals surface area contributed by atoms with Gasteiger partial charge in [-0.15, -0.1) is 0 Å². The van der Waals surface area contributed by atoms with Gasteiger partial charge in [-0.3, -0.25) is 4.79 Å². The van der Waals surface area contributed by atoms with Crippen LogP contribution in [0.15, 0.2) is 0 Å². The molecule has 0 spiro atoms. The van der Waals surface area contributed by atoms with Gasteiger partial charge in [-0.25, -0.2) is 0 Å². The Bertz CT molecular complexity index is 367. The van der Waals surface area contributed by atoms with E-state index in [-0.39, 0.29) is 38.2 Å². The predicted octanol–water partition coefficient (Wildman–Crippen LogP) is 1.55. The highest BCUT2D eigenvalue weighted by Crippen LogP contribution is 2.45. The fraction of sp³-hybridized carbons (Fsp3) is 0.923. The minimum atomic E-state index is -4.52. The molecular weight excluding hydrogens is 273 g/mol. The lowest BCUT2D eigenvalue weighted by molar-refractivity contribution is -0.226. The van der Waals surface area contributed by atoms with Gasteiger partial charge in [0.15, 0.2) is 5.41 Å². The van der Waals surface area contributed by atoms with Gasteiger partial charge in [0.05, 0.1) is 18.8 Å². The first kappa shape index (κ1) is 15.6. The minimum Gasteiger partial charge on any atom is -0.375 e. The van der Waals surface area contributed by atoms with Crippen molar-refractivity contribution in [3.63, 3.8) is 0 Å². The van der Waals surface area contributed by atoms with Crippen molar-refractivity contribution in [3.05, 3.63) is 0 Å². The predicted molar refractivity (Wildman–Crippen MR) is 67.2 cm³/mol. The van der Waals surface area contributed by atoms with Gasteiger partial charge >= 0.3 is 6.18 Å². The first-order valence-electron chi connectivity index (χ1n) is 7.02. The molecule has 4 nitrogen and oxygen atoms in total. The second-order valence-electron chi connectivity index (χ2n) is 5.67. The Morgan fingerprint density at radius 3 is 2.70 bits per heavy atom. The van der Waals surface area contributed by atoms with Crippen LogP contribution < -0.4 is 5.32 Å². The molecule has 2 heterocycles. The minimum absolute atomic E-state index is 0.183. The number of carbonyl (C=O) groups is 1. The van der Waals surface area contributed by atoms with Crippen molar-refractivity contribution < 1.29 is 22.7 Å². The van der Waals surface area contributed by atoms with Crippen LogP contribution in [0.5, 0.6) is 0 Å². The number of carbonyl (C=O) groups excluding carboxylic acids is 1. The Kier molecular flexibility index (Phi) is 4.30. The topological polar surface area (TPSA) is 41.6 Å². The Labute approximate surface area is 116 Å². The van der Waals surface area contributed by atoms with Gasteiger partial charge in [-0.05, 0) is 26.3 Å². The highest BCUT2D eigenvalue weighted by molar-refractivity contribution is 5.85. The van der Waals surface area contributed by atoms with E-state index in [9.17, 15) is 18.0 Å². The molecule has 7 heteroatoms. The summed E-state index contributed by atoms with van der Waals surface area (Å²) >= 11 is 0. The Morgan fingerprint density at radius 2 is 2.20 bits per heavy atom. The molecule has 2 aliphatic heterocycles. The van der Waals surface area contributed by atoms with Crippen molar-refractivity contribution in [1.82, 2.24) is 10.2 Å². The van der Waals surface area contributed by atoms with Crippen LogP contribution in [-0.4, -0.2) is 55.4 Å². The maximum Gasteiger partial charge on any atom is 0.404 e. The molecule has 0 saturated carbocycles. The van der Waals surface area contributed by atoms with Gasteiger partial charge in [0.1, 0.15) is 0 Å². The molecule has 0 radical (unpaired) electrons. The Balaban J connectivity index is 2.27. The highest BCUT2D eigenvalue weighted by atomic mass is 19.4. The summed E-state index contributed by atoms with van der Waals surface area (Å²) in [6, 6.07) is -0.265. The molecule has 0 aromatic carbocycles. The first-order valence-corrected chi connectivity index (χ1v) is 7.02. The van der Waals surface area contributed by atoms with Crippen LogP contribution in [0.4, 0.5) is 13.2 Å². The van der Waals surface area contributed by atoms with Gasteiger partial charge in [-0.2, -0.15) is 13.2 Å². The second-order valence-corrected chi connectivity index (χ2v) is 5.67. The van der Waals surface area contributed by atoms with E-state index in [1.807, 2.05) is 6.92 Å². The number of nitrogens with zero attached hydrogens (tertiary/aromatic N) is 1. The Morgan fingerprint density at radius 1 is 1.50 bits per heavy atom. The van der Waals surface area contributed by atoms with Crippen molar-refractivity contribution in [2.75, 3.05) is 26.2 Å². The normalized spacial score (nSPS) is 35.4. The van der Waals surface area contributed by atoms with Gasteiger partial charge in [0, 0.05) is 13.1 Å². The van der Waals surface area contributed by atoms with Crippen molar-refractivity contribution >= 4 is 5.91 Å². The zero-order valence-corrected chi connectivity index (χ0v) is 11.8. The van der Waals surface area contributed by atoms with Crippen molar-refractivity contribution in [3.8, 4) is 0 Å². The van der Waals surface area contributed by atoms with Crippen LogP contribution in [-0.2, 0) is 9.53 Å². The first-order chi connectivity index (χ1) is 9.32. The molecule has 2 aliphatic rings. The lowest BCUT2D eigenvalue weighted by atomic mass is 9.83. The number of alkyl halides is 3.